The Kier molecular flexibility index (Phi) is 7.89. The number of halogens is 2. The minimum Gasteiger partial charge on any atom is -0.489 e. The molecule has 0 amide bonds. The van der Waals surface area contributed by atoms with Crippen LogP contribution in [0.2, 0.25) is 5.02 Å². The fourth-order valence-electron chi connectivity index (χ4n) is 5.69. The first-order valence-corrected chi connectivity index (χ1v) is 14.6. The van der Waals surface area contributed by atoms with E-state index in [1.54, 1.807) is 6.07 Å². The number of aromatic nitrogens is 2. The van der Waals surface area contributed by atoms with Crippen molar-refractivity contribution in [2.24, 2.45) is 5.92 Å². The summed E-state index contributed by atoms with van der Waals surface area (Å²) in [6.07, 6.45) is 5.91. The zero-order chi connectivity index (χ0) is 28.6. The fourth-order valence-corrected chi connectivity index (χ4v) is 5.87. The predicted molar refractivity (Wildman–Crippen MR) is 154 cm³/mol. The predicted octanol–water partition coefficient (Wildman–Crippen LogP) is 5.39. The van der Waals surface area contributed by atoms with Gasteiger partial charge in [-0.3, -0.25) is 14.6 Å². The summed E-state index contributed by atoms with van der Waals surface area (Å²) in [7, 11) is 1.97. The second-order valence-electron chi connectivity index (χ2n) is 11.4. The van der Waals surface area contributed by atoms with Crippen molar-refractivity contribution in [1.82, 2.24) is 19.8 Å². The summed E-state index contributed by atoms with van der Waals surface area (Å²) in [5.41, 5.74) is 0.877. The standard InChI is InChI=1S/C30H35ClFN5O4/c1-3-27(37-10-8-30(9-11-37)17-36(2)15-28(38)41-30)40-26-13-21-24(14-25(26)39-16-19-4-5-19)33-18-34-29(21)35-20-6-7-23(32)22(31)12-20/h6-7,12-14,18-19,27H,3-5,8-11,15-17H2,1-2H3,(H,33,34,35). The molecule has 3 aliphatic rings. The Labute approximate surface area is 243 Å². The van der Waals surface area contributed by atoms with Gasteiger partial charge in [0, 0.05) is 49.6 Å². The van der Waals surface area contributed by atoms with Crippen LogP contribution in [0.5, 0.6) is 11.5 Å². The maximum absolute atomic E-state index is 13.7. The number of likely N-dealkylation sites (tertiary alicyclic amines) is 1. The van der Waals surface area contributed by atoms with Gasteiger partial charge in [-0.1, -0.05) is 18.5 Å². The number of nitrogens with one attached hydrogen (secondary N) is 1. The third-order valence-corrected chi connectivity index (χ3v) is 8.36. The summed E-state index contributed by atoms with van der Waals surface area (Å²) in [6, 6.07) is 8.25. The number of carbonyl (C=O) groups excluding carboxylic acids is 1. The lowest BCUT2D eigenvalue weighted by molar-refractivity contribution is -0.182. The number of hydrogen-bond acceptors (Lipinski definition) is 9. The highest BCUT2D eigenvalue weighted by Crippen LogP contribution is 2.39. The highest BCUT2D eigenvalue weighted by Gasteiger charge is 2.43. The lowest BCUT2D eigenvalue weighted by Gasteiger charge is -2.47. The Hall–Kier alpha value is -3.21. The molecule has 1 unspecified atom stereocenters. The van der Waals surface area contributed by atoms with E-state index in [-0.39, 0.29) is 17.2 Å². The van der Waals surface area contributed by atoms with Gasteiger partial charge in [0.1, 0.15) is 23.6 Å². The molecule has 0 bridgehead atoms. The van der Waals surface area contributed by atoms with E-state index in [0.717, 1.165) is 44.3 Å². The smallest absolute Gasteiger partial charge is 0.320 e. The lowest BCUT2D eigenvalue weighted by Crippen LogP contribution is -2.59. The van der Waals surface area contributed by atoms with E-state index in [0.29, 0.717) is 47.6 Å². The molecular weight excluding hydrogens is 549 g/mol. The number of anilines is 2. The largest absolute Gasteiger partial charge is 0.489 e. The summed E-state index contributed by atoms with van der Waals surface area (Å²) < 4.78 is 32.5. The third kappa shape index (κ3) is 6.34. The second kappa shape index (κ2) is 11.6. The molecule has 9 nitrogen and oxygen atoms in total. The van der Waals surface area contributed by atoms with Gasteiger partial charge < -0.3 is 19.5 Å². The first kappa shape index (κ1) is 27.9. The first-order chi connectivity index (χ1) is 19.8. The molecule has 2 saturated heterocycles. The number of fused-ring (bicyclic) bond motifs is 1. The molecule has 2 aromatic carbocycles. The van der Waals surface area contributed by atoms with E-state index in [4.69, 9.17) is 25.8 Å². The van der Waals surface area contributed by atoms with Crippen LogP contribution in [0.15, 0.2) is 36.7 Å². The summed E-state index contributed by atoms with van der Waals surface area (Å²) >= 11 is 6.00. The zero-order valence-corrected chi connectivity index (χ0v) is 24.1. The third-order valence-electron chi connectivity index (χ3n) is 8.07. The molecule has 3 fully saturated rings. The Balaban J connectivity index is 1.25. The minimum absolute atomic E-state index is 0.0249. The highest BCUT2D eigenvalue weighted by molar-refractivity contribution is 6.31. The zero-order valence-electron chi connectivity index (χ0n) is 23.4. The van der Waals surface area contributed by atoms with Crippen molar-refractivity contribution in [2.45, 2.75) is 50.9 Å². The average Bonchev–Trinajstić information content (AvgIpc) is 3.77. The molecular formula is C30H35ClFN5O4. The van der Waals surface area contributed by atoms with Crippen molar-refractivity contribution in [1.29, 1.82) is 0 Å². The van der Waals surface area contributed by atoms with Crippen LogP contribution in [0.25, 0.3) is 10.9 Å². The number of likely N-dealkylation sites (N-methyl/N-ethyl adjacent to an activating group) is 1. The van der Waals surface area contributed by atoms with E-state index in [1.165, 1.54) is 31.3 Å². The number of hydrogen-bond donors (Lipinski definition) is 1. The molecule has 2 aliphatic heterocycles. The lowest BCUT2D eigenvalue weighted by atomic mass is 9.89. The van der Waals surface area contributed by atoms with Crippen molar-refractivity contribution in [3.63, 3.8) is 0 Å². The van der Waals surface area contributed by atoms with Crippen LogP contribution >= 0.6 is 11.6 Å². The molecule has 11 heteroatoms. The van der Waals surface area contributed by atoms with E-state index in [1.807, 2.05) is 24.1 Å². The molecule has 1 aromatic heterocycles. The van der Waals surface area contributed by atoms with Crippen LogP contribution in [0.4, 0.5) is 15.9 Å². The van der Waals surface area contributed by atoms with Crippen molar-refractivity contribution >= 4 is 40.0 Å². The number of piperidine rings is 1. The number of rotatable bonds is 9. The molecule has 1 spiro atoms. The monoisotopic (exact) mass is 583 g/mol. The summed E-state index contributed by atoms with van der Waals surface area (Å²) in [5.74, 6) is 1.74. The van der Waals surface area contributed by atoms with Gasteiger partial charge in [0.15, 0.2) is 17.7 Å². The van der Waals surface area contributed by atoms with E-state index in [9.17, 15) is 9.18 Å². The average molecular weight is 584 g/mol. The molecule has 3 heterocycles. The number of carbonyl (C=O) groups is 1. The van der Waals surface area contributed by atoms with Crippen LogP contribution in [-0.2, 0) is 9.53 Å². The van der Waals surface area contributed by atoms with Gasteiger partial charge in [-0.15, -0.1) is 0 Å². The van der Waals surface area contributed by atoms with Gasteiger partial charge in [0.25, 0.3) is 0 Å². The Morgan fingerprint density at radius 1 is 1.20 bits per heavy atom. The van der Waals surface area contributed by atoms with Crippen molar-refractivity contribution in [2.75, 3.05) is 45.2 Å². The molecule has 1 aliphatic carbocycles. The molecule has 0 radical (unpaired) electrons. The molecule has 1 N–H and O–H groups in total. The molecule has 218 valence electrons. The van der Waals surface area contributed by atoms with Gasteiger partial charge in [-0.05, 0) is 56.5 Å². The summed E-state index contributed by atoms with van der Waals surface area (Å²) in [4.78, 5) is 25.4. The van der Waals surface area contributed by atoms with Crippen LogP contribution in [0.3, 0.4) is 0 Å². The SMILES string of the molecule is CCC(Oc1cc2c(Nc3ccc(F)c(Cl)c3)ncnc2cc1OCC1CC1)N1CCC2(CC1)CN(C)CC(=O)O2. The Bertz CT molecular complexity index is 1430. The van der Waals surface area contributed by atoms with E-state index >= 15 is 0 Å². The van der Waals surface area contributed by atoms with Crippen molar-refractivity contribution in [3.05, 3.63) is 47.5 Å². The van der Waals surface area contributed by atoms with Crippen LogP contribution in [0, 0.1) is 11.7 Å². The minimum atomic E-state index is -0.485. The molecule has 1 saturated carbocycles. The maximum atomic E-state index is 13.7. The Morgan fingerprint density at radius 3 is 2.71 bits per heavy atom. The Morgan fingerprint density at radius 2 is 2.00 bits per heavy atom. The van der Waals surface area contributed by atoms with Crippen LogP contribution < -0.4 is 14.8 Å². The molecule has 1 atom stereocenters. The quantitative estimate of drug-likeness (QED) is 0.333. The van der Waals surface area contributed by atoms with Gasteiger partial charge in [-0.2, -0.15) is 0 Å². The number of benzene rings is 2. The number of nitrogens with zero attached hydrogens (tertiary/aromatic N) is 4. The fraction of sp³-hybridized carbons (Fsp3) is 0.500. The maximum Gasteiger partial charge on any atom is 0.320 e. The summed E-state index contributed by atoms with van der Waals surface area (Å²) in [5, 5.41) is 4.01. The number of morpholine rings is 1. The molecule has 3 aromatic rings. The van der Waals surface area contributed by atoms with Crippen molar-refractivity contribution < 1.29 is 23.4 Å². The van der Waals surface area contributed by atoms with Crippen molar-refractivity contribution in [3.8, 4) is 11.5 Å². The van der Waals surface area contributed by atoms with E-state index < -0.39 is 11.4 Å². The molecule has 6 rings (SSSR count). The highest BCUT2D eigenvalue weighted by atomic mass is 35.5. The molecule has 41 heavy (non-hydrogen) atoms. The summed E-state index contributed by atoms with van der Waals surface area (Å²) in [6.45, 7) is 5.34. The number of esters is 1. The normalized spacial score (nSPS) is 20.1. The van der Waals surface area contributed by atoms with Gasteiger partial charge in [0.05, 0.1) is 23.7 Å². The number of ether oxygens (including phenoxy) is 3. The van der Waals surface area contributed by atoms with Gasteiger partial charge in [-0.25, -0.2) is 14.4 Å². The van der Waals surface area contributed by atoms with E-state index in [2.05, 4.69) is 27.1 Å². The topological polar surface area (TPSA) is 89.0 Å². The second-order valence-corrected chi connectivity index (χ2v) is 11.8. The van der Waals surface area contributed by atoms with Crippen LogP contribution in [-0.4, -0.2) is 77.4 Å². The van der Waals surface area contributed by atoms with Gasteiger partial charge >= 0.3 is 5.97 Å². The first-order valence-electron chi connectivity index (χ1n) is 14.3. The van der Waals surface area contributed by atoms with Gasteiger partial charge in [0.2, 0.25) is 0 Å². The van der Waals surface area contributed by atoms with Crippen LogP contribution in [0.1, 0.15) is 39.0 Å².